The molecular formula is C34H30F3N3O6S. The standard InChI is InChI=1S/C34H30F3N3O6S/c1-34(12-14-45-29-19(6-4-8-23(29)34)18-5-3-7-20(18)33(41)42)25-16-39-32(40-25)22-15-17(9-10-24(22)35)46-30-27(37)26(36)28-21(11-13-38-28)31(30)47(2,43)44/h4,6,8-11,13,15-16,18,20,38H,3,5,7,12,14H2,1-2H3,(H,39,40)(H,41,42)/t18?,20?,34-/m1/s1. The van der Waals surface area contributed by atoms with Crippen LogP contribution in [0, 0.1) is 23.4 Å². The number of aromatic nitrogens is 3. The summed E-state index contributed by atoms with van der Waals surface area (Å²) in [6, 6.07) is 10.5. The number of hydrogen-bond acceptors (Lipinski definition) is 6. The van der Waals surface area contributed by atoms with Crippen molar-refractivity contribution < 1.29 is 41.0 Å². The number of sulfone groups is 1. The Bertz CT molecular complexity index is 2180. The summed E-state index contributed by atoms with van der Waals surface area (Å²) in [6.45, 7) is 2.38. The van der Waals surface area contributed by atoms with E-state index in [2.05, 4.69) is 15.0 Å². The van der Waals surface area contributed by atoms with E-state index in [1.165, 1.54) is 24.4 Å². The number of para-hydroxylation sites is 1. The molecule has 0 bridgehead atoms. The van der Waals surface area contributed by atoms with Gasteiger partial charge in [0.2, 0.25) is 5.82 Å². The van der Waals surface area contributed by atoms with Crippen molar-refractivity contribution in [2.75, 3.05) is 12.9 Å². The number of aliphatic carboxylic acids is 1. The van der Waals surface area contributed by atoms with E-state index < -0.39 is 55.2 Å². The molecule has 3 atom stereocenters. The Labute approximate surface area is 267 Å². The number of carboxylic acid groups (broad SMARTS) is 1. The number of aromatic amines is 2. The Morgan fingerprint density at radius 2 is 1.94 bits per heavy atom. The molecule has 9 nitrogen and oxygen atoms in total. The van der Waals surface area contributed by atoms with Gasteiger partial charge in [-0.15, -0.1) is 0 Å². The topological polar surface area (TPSA) is 134 Å². The second kappa shape index (κ2) is 11.2. The van der Waals surface area contributed by atoms with Gasteiger partial charge in [0.05, 0.1) is 23.6 Å². The van der Waals surface area contributed by atoms with Gasteiger partial charge in [0.25, 0.3) is 0 Å². The van der Waals surface area contributed by atoms with Crippen molar-refractivity contribution in [2.45, 2.75) is 48.8 Å². The predicted molar refractivity (Wildman–Crippen MR) is 166 cm³/mol. The zero-order valence-corrected chi connectivity index (χ0v) is 26.2. The molecule has 3 aromatic carbocycles. The maximum atomic E-state index is 15.3. The molecule has 47 heavy (non-hydrogen) atoms. The van der Waals surface area contributed by atoms with Gasteiger partial charge in [0.15, 0.2) is 21.4 Å². The number of imidazole rings is 1. The molecule has 0 spiro atoms. The molecule has 13 heteroatoms. The first-order valence-electron chi connectivity index (χ1n) is 15.1. The van der Waals surface area contributed by atoms with Crippen LogP contribution in [0.3, 0.4) is 0 Å². The van der Waals surface area contributed by atoms with Gasteiger partial charge in [-0.1, -0.05) is 24.6 Å². The van der Waals surface area contributed by atoms with Crippen molar-refractivity contribution in [3.05, 3.63) is 89.1 Å². The van der Waals surface area contributed by atoms with Gasteiger partial charge in [-0.3, -0.25) is 4.79 Å². The minimum absolute atomic E-state index is 0.0434. The average molecular weight is 666 g/mol. The van der Waals surface area contributed by atoms with Crippen LogP contribution < -0.4 is 9.47 Å². The molecule has 7 rings (SSSR count). The minimum atomic E-state index is -4.10. The highest BCUT2D eigenvalue weighted by atomic mass is 32.2. The van der Waals surface area contributed by atoms with E-state index in [0.717, 1.165) is 36.3 Å². The van der Waals surface area contributed by atoms with Crippen LogP contribution in [0.4, 0.5) is 13.2 Å². The summed E-state index contributed by atoms with van der Waals surface area (Å²) < 4.78 is 82.5. The molecule has 5 aromatic rings. The molecule has 1 saturated carbocycles. The molecule has 2 unspecified atom stereocenters. The van der Waals surface area contributed by atoms with Crippen LogP contribution in [0.15, 0.2) is 59.8 Å². The fourth-order valence-corrected chi connectivity index (χ4v) is 8.12. The van der Waals surface area contributed by atoms with Gasteiger partial charge in [0, 0.05) is 46.6 Å². The largest absolute Gasteiger partial charge is 0.493 e. The highest BCUT2D eigenvalue weighted by Crippen LogP contribution is 2.50. The molecule has 3 heterocycles. The van der Waals surface area contributed by atoms with Crippen LogP contribution in [0.5, 0.6) is 17.2 Å². The maximum Gasteiger partial charge on any atom is 0.307 e. The summed E-state index contributed by atoms with van der Waals surface area (Å²) in [4.78, 5) is 21.6. The number of halogens is 3. The van der Waals surface area contributed by atoms with Crippen molar-refractivity contribution in [3.8, 4) is 28.6 Å². The Balaban J connectivity index is 1.26. The van der Waals surface area contributed by atoms with Crippen LogP contribution in [0.1, 0.15) is 55.3 Å². The number of rotatable bonds is 7. The summed E-state index contributed by atoms with van der Waals surface area (Å²) in [5.41, 5.74) is 1.37. The molecule has 0 amide bonds. The fraction of sp³-hybridized carbons (Fsp3) is 0.294. The molecule has 1 aliphatic carbocycles. The molecule has 2 aliphatic rings. The number of carboxylic acids is 1. The zero-order valence-electron chi connectivity index (χ0n) is 25.4. The predicted octanol–water partition coefficient (Wildman–Crippen LogP) is 7.23. The lowest BCUT2D eigenvalue weighted by molar-refractivity contribution is -0.142. The lowest BCUT2D eigenvalue weighted by Gasteiger charge is -2.37. The Morgan fingerprint density at radius 3 is 2.70 bits per heavy atom. The zero-order chi connectivity index (χ0) is 33.2. The number of ether oxygens (including phenoxy) is 2. The highest BCUT2D eigenvalue weighted by Gasteiger charge is 2.41. The van der Waals surface area contributed by atoms with Gasteiger partial charge in [-0.2, -0.15) is 4.39 Å². The Kier molecular flexibility index (Phi) is 7.34. The lowest BCUT2D eigenvalue weighted by Crippen LogP contribution is -2.32. The smallest absolute Gasteiger partial charge is 0.307 e. The second-order valence-corrected chi connectivity index (χ2v) is 14.3. The first-order chi connectivity index (χ1) is 22.4. The molecular weight excluding hydrogens is 635 g/mol. The lowest BCUT2D eigenvalue weighted by atomic mass is 9.73. The Hall–Kier alpha value is -4.78. The van der Waals surface area contributed by atoms with Gasteiger partial charge in [-0.25, -0.2) is 22.2 Å². The van der Waals surface area contributed by atoms with Crippen LogP contribution >= 0.6 is 0 Å². The van der Waals surface area contributed by atoms with E-state index in [1.807, 2.05) is 25.1 Å². The number of nitrogens with zero attached hydrogens (tertiary/aromatic N) is 1. The van der Waals surface area contributed by atoms with Crippen molar-refractivity contribution in [3.63, 3.8) is 0 Å². The molecule has 0 radical (unpaired) electrons. The van der Waals surface area contributed by atoms with Gasteiger partial charge < -0.3 is 24.5 Å². The summed E-state index contributed by atoms with van der Waals surface area (Å²) in [5.74, 6) is -5.18. The molecule has 244 valence electrons. The second-order valence-electron chi connectivity index (χ2n) is 12.4. The van der Waals surface area contributed by atoms with E-state index in [0.29, 0.717) is 30.9 Å². The molecule has 2 aromatic heterocycles. The van der Waals surface area contributed by atoms with Gasteiger partial charge >= 0.3 is 5.97 Å². The first kappa shape index (κ1) is 30.9. The number of benzene rings is 3. The monoisotopic (exact) mass is 665 g/mol. The van der Waals surface area contributed by atoms with E-state index in [9.17, 15) is 22.7 Å². The van der Waals surface area contributed by atoms with Crippen molar-refractivity contribution in [2.24, 2.45) is 5.92 Å². The normalized spacial score (nSPS) is 21.0. The summed E-state index contributed by atoms with van der Waals surface area (Å²) in [5, 5.41) is 9.73. The quantitative estimate of drug-likeness (QED) is 0.156. The van der Waals surface area contributed by atoms with Gasteiger partial charge in [0.1, 0.15) is 28.0 Å². The number of fused-ring (bicyclic) bond motifs is 2. The Morgan fingerprint density at radius 1 is 1.13 bits per heavy atom. The van der Waals surface area contributed by atoms with Crippen LogP contribution in [0.2, 0.25) is 0 Å². The van der Waals surface area contributed by atoms with Crippen molar-refractivity contribution in [1.82, 2.24) is 15.0 Å². The number of hydrogen-bond donors (Lipinski definition) is 3. The number of nitrogens with one attached hydrogen (secondary N) is 2. The van der Waals surface area contributed by atoms with E-state index in [1.54, 1.807) is 6.20 Å². The van der Waals surface area contributed by atoms with Crippen LogP contribution in [0.25, 0.3) is 22.3 Å². The summed E-state index contributed by atoms with van der Waals surface area (Å²) >= 11 is 0. The molecule has 3 N–H and O–H groups in total. The van der Waals surface area contributed by atoms with Crippen molar-refractivity contribution >= 4 is 26.7 Å². The van der Waals surface area contributed by atoms with Crippen LogP contribution in [-0.2, 0) is 20.0 Å². The number of carbonyl (C=O) groups is 1. The third-order valence-electron chi connectivity index (χ3n) is 9.48. The van der Waals surface area contributed by atoms with Crippen LogP contribution in [-0.4, -0.2) is 47.3 Å². The minimum Gasteiger partial charge on any atom is -0.493 e. The van der Waals surface area contributed by atoms with Crippen molar-refractivity contribution in [1.29, 1.82) is 0 Å². The van der Waals surface area contributed by atoms with E-state index in [4.69, 9.17) is 9.47 Å². The number of H-pyrrole nitrogens is 2. The third kappa shape index (κ3) is 5.03. The maximum absolute atomic E-state index is 15.3. The van der Waals surface area contributed by atoms with Gasteiger partial charge in [-0.05, 0) is 56.0 Å². The third-order valence-corrected chi connectivity index (χ3v) is 10.6. The van der Waals surface area contributed by atoms with E-state index >= 15 is 8.78 Å². The molecule has 1 fully saturated rings. The molecule has 0 saturated heterocycles. The summed E-state index contributed by atoms with van der Waals surface area (Å²) in [6.07, 6.45) is 6.47. The van der Waals surface area contributed by atoms with E-state index in [-0.39, 0.29) is 34.0 Å². The molecule has 1 aliphatic heterocycles. The average Bonchev–Trinajstić information content (AvgIpc) is 3.81. The first-order valence-corrected chi connectivity index (χ1v) is 17.0. The SMILES string of the molecule is C[C@@]1(c2cnc(-c3cc(Oc4c(F)c(F)c5[nH]ccc5c4S(C)(=O)=O)ccc3F)[nH]2)CCOc2c(C3CCCC3C(=O)O)cccc21. The fourth-order valence-electron chi connectivity index (χ4n) is 7.08. The summed E-state index contributed by atoms with van der Waals surface area (Å²) in [7, 11) is -4.10. The highest BCUT2D eigenvalue weighted by molar-refractivity contribution is 7.91.